The van der Waals surface area contributed by atoms with E-state index in [1.807, 2.05) is 36.9 Å². The van der Waals surface area contributed by atoms with Crippen molar-refractivity contribution in [3.8, 4) is 5.75 Å². The summed E-state index contributed by atoms with van der Waals surface area (Å²) in [5.74, 6) is 0.911. The van der Waals surface area contributed by atoms with Crippen molar-refractivity contribution in [1.82, 2.24) is 4.90 Å². The summed E-state index contributed by atoms with van der Waals surface area (Å²) in [6.07, 6.45) is 4.21. The molecule has 1 aliphatic rings. The first-order chi connectivity index (χ1) is 10.1. The molecule has 1 atom stereocenters. The number of carbonyl (C=O) groups excluding carboxylic acids is 1. The van der Waals surface area contributed by atoms with Crippen LogP contribution in [0.4, 0.5) is 0 Å². The van der Waals surface area contributed by atoms with Crippen molar-refractivity contribution in [1.29, 1.82) is 0 Å². The third-order valence-corrected chi connectivity index (χ3v) is 4.20. The lowest BCUT2D eigenvalue weighted by atomic mass is 9.99. The molecule has 116 valence electrons. The number of benzene rings is 1. The van der Waals surface area contributed by atoms with Crippen molar-refractivity contribution in [2.45, 2.75) is 45.6 Å². The largest absolute Gasteiger partial charge is 0.483 e. The SMILES string of the molecule is Cc1cccc(C)c1OCC(=O)N1CCCCC1CCN. The summed E-state index contributed by atoms with van der Waals surface area (Å²) in [6.45, 7) is 5.59. The summed E-state index contributed by atoms with van der Waals surface area (Å²) in [5, 5.41) is 0. The summed E-state index contributed by atoms with van der Waals surface area (Å²) < 4.78 is 5.79. The minimum atomic E-state index is 0.0794. The van der Waals surface area contributed by atoms with E-state index in [4.69, 9.17) is 10.5 Å². The van der Waals surface area contributed by atoms with Crippen molar-refractivity contribution in [2.24, 2.45) is 5.73 Å². The molecule has 4 nitrogen and oxygen atoms in total. The first kappa shape index (κ1) is 15.8. The molecule has 2 N–H and O–H groups in total. The molecule has 0 spiro atoms. The molecule has 0 saturated carbocycles. The van der Waals surface area contributed by atoms with Crippen LogP contribution in [-0.4, -0.2) is 36.5 Å². The van der Waals surface area contributed by atoms with Gasteiger partial charge in [0.05, 0.1) is 0 Å². The highest BCUT2D eigenvalue weighted by Gasteiger charge is 2.26. The summed E-state index contributed by atoms with van der Waals surface area (Å²) in [7, 11) is 0. The standard InChI is InChI=1S/C17H26N2O2/c1-13-6-5-7-14(2)17(13)21-12-16(20)19-11-4-3-8-15(19)9-10-18/h5-7,15H,3-4,8-12,18H2,1-2H3. The van der Waals surface area contributed by atoms with Crippen LogP contribution >= 0.6 is 0 Å². The van der Waals surface area contributed by atoms with Gasteiger partial charge in [0.2, 0.25) is 0 Å². The van der Waals surface area contributed by atoms with Gasteiger partial charge in [-0.05, 0) is 57.2 Å². The fourth-order valence-corrected chi connectivity index (χ4v) is 3.07. The highest BCUT2D eigenvalue weighted by Crippen LogP contribution is 2.23. The van der Waals surface area contributed by atoms with Crippen LogP contribution in [0, 0.1) is 13.8 Å². The number of nitrogens with two attached hydrogens (primary N) is 1. The predicted molar refractivity (Wildman–Crippen MR) is 84.4 cm³/mol. The smallest absolute Gasteiger partial charge is 0.260 e. The minimum Gasteiger partial charge on any atom is -0.483 e. The van der Waals surface area contributed by atoms with E-state index in [-0.39, 0.29) is 18.6 Å². The number of aryl methyl sites for hydroxylation is 2. The Kier molecular flexibility index (Phi) is 5.62. The Morgan fingerprint density at radius 1 is 1.33 bits per heavy atom. The van der Waals surface area contributed by atoms with Gasteiger partial charge < -0.3 is 15.4 Å². The number of nitrogens with zero attached hydrogens (tertiary/aromatic N) is 1. The number of carbonyl (C=O) groups is 1. The summed E-state index contributed by atoms with van der Waals surface area (Å²) in [4.78, 5) is 14.4. The fraction of sp³-hybridized carbons (Fsp3) is 0.588. The average molecular weight is 290 g/mol. The van der Waals surface area contributed by atoms with Gasteiger partial charge in [0.15, 0.2) is 6.61 Å². The Morgan fingerprint density at radius 3 is 2.71 bits per heavy atom. The minimum absolute atomic E-state index is 0.0794. The molecule has 1 heterocycles. The Balaban J connectivity index is 1.97. The van der Waals surface area contributed by atoms with Crippen LogP contribution in [0.15, 0.2) is 18.2 Å². The average Bonchev–Trinajstić information content (AvgIpc) is 2.47. The van der Waals surface area contributed by atoms with Crippen molar-refractivity contribution in [2.75, 3.05) is 19.7 Å². The molecule has 1 unspecified atom stereocenters. The van der Waals surface area contributed by atoms with E-state index in [2.05, 4.69) is 0 Å². The molecule has 0 radical (unpaired) electrons. The number of amides is 1. The molecule has 21 heavy (non-hydrogen) atoms. The maximum absolute atomic E-state index is 12.4. The Morgan fingerprint density at radius 2 is 2.05 bits per heavy atom. The molecule has 1 fully saturated rings. The van der Waals surface area contributed by atoms with E-state index in [1.54, 1.807) is 0 Å². The quantitative estimate of drug-likeness (QED) is 0.906. The van der Waals surface area contributed by atoms with Gasteiger partial charge in [0.25, 0.3) is 5.91 Å². The lowest BCUT2D eigenvalue weighted by molar-refractivity contribution is -0.137. The molecular formula is C17H26N2O2. The highest BCUT2D eigenvalue weighted by molar-refractivity contribution is 5.78. The summed E-state index contributed by atoms with van der Waals surface area (Å²) in [6, 6.07) is 6.30. The molecule has 1 amide bonds. The molecule has 4 heteroatoms. The normalized spacial score (nSPS) is 18.6. The zero-order chi connectivity index (χ0) is 15.2. The van der Waals surface area contributed by atoms with Gasteiger partial charge in [-0.1, -0.05) is 18.2 Å². The van der Waals surface area contributed by atoms with Gasteiger partial charge in [-0.3, -0.25) is 4.79 Å². The van der Waals surface area contributed by atoms with Gasteiger partial charge >= 0.3 is 0 Å². The molecule has 0 aliphatic carbocycles. The van der Waals surface area contributed by atoms with Crippen molar-refractivity contribution < 1.29 is 9.53 Å². The molecular weight excluding hydrogens is 264 g/mol. The molecule has 2 rings (SSSR count). The summed E-state index contributed by atoms with van der Waals surface area (Å²) in [5.41, 5.74) is 7.80. The van der Waals surface area contributed by atoms with Gasteiger partial charge in [-0.25, -0.2) is 0 Å². The number of ether oxygens (including phenoxy) is 1. The van der Waals surface area contributed by atoms with E-state index in [9.17, 15) is 4.79 Å². The van der Waals surface area contributed by atoms with Crippen LogP contribution in [0.25, 0.3) is 0 Å². The second kappa shape index (κ2) is 7.46. The Hall–Kier alpha value is -1.55. The van der Waals surface area contributed by atoms with E-state index >= 15 is 0 Å². The van der Waals surface area contributed by atoms with Crippen LogP contribution in [0.2, 0.25) is 0 Å². The third kappa shape index (κ3) is 3.97. The van der Waals surface area contributed by atoms with Gasteiger partial charge in [-0.2, -0.15) is 0 Å². The van der Waals surface area contributed by atoms with Crippen LogP contribution < -0.4 is 10.5 Å². The molecule has 1 aliphatic heterocycles. The van der Waals surface area contributed by atoms with Crippen molar-refractivity contribution >= 4 is 5.91 Å². The first-order valence-corrected chi connectivity index (χ1v) is 7.82. The Bertz CT molecular complexity index is 465. The second-order valence-corrected chi connectivity index (χ2v) is 5.82. The van der Waals surface area contributed by atoms with E-state index < -0.39 is 0 Å². The van der Waals surface area contributed by atoms with Crippen LogP contribution in [-0.2, 0) is 4.79 Å². The lowest BCUT2D eigenvalue weighted by Crippen LogP contribution is -2.46. The topological polar surface area (TPSA) is 55.6 Å². The zero-order valence-corrected chi connectivity index (χ0v) is 13.1. The second-order valence-electron chi connectivity index (χ2n) is 5.82. The maximum atomic E-state index is 12.4. The number of likely N-dealkylation sites (tertiary alicyclic amines) is 1. The number of hydrogen-bond acceptors (Lipinski definition) is 3. The van der Waals surface area contributed by atoms with Gasteiger partial charge in [0, 0.05) is 12.6 Å². The molecule has 1 aromatic rings. The lowest BCUT2D eigenvalue weighted by Gasteiger charge is -2.35. The third-order valence-electron chi connectivity index (χ3n) is 4.20. The predicted octanol–water partition coefficient (Wildman–Crippen LogP) is 2.41. The fourth-order valence-electron chi connectivity index (χ4n) is 3.07. The number of para-hydroxylation sites is 1. The molecule has 0 aromatic heterocycles. The van der Waals surface area contributed by atoms with E-state index in [1.165, 1.54) is 6.42 Å². The molecule has 1 aromatic carbocycles. The van der Waals surface area contributed by atoms with E-state index in [0.29, 0.717) is 6.54 Å². The molecule has 1 saturated heterocycles. The Labute approximate surface area is 127 Å². The molecule has 0 bridgehead atoms. The zero-order valence-electron chi connectivity index (χ0n) is 13.1. The van der Waals surface area contributed by atoms with Crippen LogP contribution in [0.3, 0.4) is 0 Å². The number of piperidine rings is 1. The van der Waals surface area contributed by atoms with Crippen LogP contribution in [0.5, 0.6) is 5.75 Å². The van der Waals surface area contributed by atoms with Crippen LogP contribution in [0.1, 0.15) is 36.8 Å². The van der Waals surface area contributed by atoms with Gasteiger partial charge in [-0.15, -0.1) is 0 Å². The number of hydrogen-bond donors (Lipinski definition) is 1. The highest BCUT2D eigenvalue weighted by atomic mass is 16.5. The summed E-state index contributed by atoms with van der Waals surface area (Å²) >= 11 is 0. The van der Waals surface area contributed by atoms with E-state index in [0.717, 1.165) is 42.7 Å². The van der Waals surface area contributed by atoms with Crippen molar-refractivity contribution in [3.63, 3.8) is 0 Å². The van der Waals surface area contributed by atoms with Crippen molar-refractivity contribution in [3.05, 3.63) is 29.3 Å². The monoisotopic (exact) mass is 290 g/mol. The maximum Gasteiger partial charge on any atom is 0.260 e. The first-order valence-electron chi connectivity index (χ1n) is 7.82. The van der Waals surface area contributed by atoms with Gasteiger partial charge in [0.1, 0.15) is 5.75 Å². The number of rotatable bonds is 5.